The van der Waals surface area contributed by atoms with Gasteiger partial charge in [-0.3, -0.25) is 4.90 Å². The van der Waals surface area contributed by atoms with Gasteiger partial charge in [0.1, 0.15) is 0 Å². The maximum absolute atomic E-state index is 10.1. The number of piperidine rings is 1. The quantitative estimate of drug-likeness (QED) is 0.907. The lowest BCUT2D eigenvalue weighted by molar-refractivity contribution is 0.0165. The fourth-order valence-electron chi connectivity index (χ4n) is 4.65. The number of nitrogens with zero attached hydrogens (tertiary/aromatic N) is 3. The summed E-state index contributed by atoms with van der Waals surface area (Å²) in [6.45, 7) is 7.10. The van der Waals surface area contributed by atoms with Crippen LogP contribution in [0.4, 0.5) is 0 Å². The molecule has 25 heavy (non-hydrogen) atoms. The van der Waals surface area contributed by atoms with Crippen LogP contribution in [-0.4, -0.2) is 58.8 Å². The van der Waals surface area contributed by atoms with Gasteiger partial charge in [-0.05, 0) is 81.0 Å². The molecule has 4 nitrogen and oxygen atoms in total. The monoisotopic (exact) mass is 341 g/mol. The van der Waals surface area contributed by atoms with Gasteiger partial charge < -0.3 is 14.6 Å². The van der Waals surface area contributed by atoms with Crippen LogP contribution in [0.5, 0.6) is 0 Å². The first-order chi connectivity index (χ1) is 12.2. The molecule has 0 unspecified atom stereocenters. The number of hydrogen-bond donors (Lipinski definition) is 1. The Hall–Kier alpha value is -1.36. The zero-order chi connectivity index (χ0) is 17.3. The van der Waals surface area contributed by atoms with Crippen LogP contribution in [0.2, 0.25) is 0 Å². The summed E-state index contributed by atoms with van der Waals surface area (Å²) >= 11 is 0. The molecule has 2 saturated heterocycles. The molecule has 2 fully saturated rings. The second-order valence-electron chi connectivity index (χ2n) is 8.24. The number of hydrogen-bond acceptors (Lipinski definition) is 3. The van der Waals surface area contributed by atoms with Gasteiger partial charge in [0, 0.05) is 37.3 Å². The van der Waals surface area contributed by atoms with E-state index < -0.39 is 0 Å². The number of aryl methyl sites for hydroxylation is 1. The minimum absolute atomic E-state index is 0.129. The molecule has 136 valence electrons. The number of aliphatic hydroxyl groups is 1. The second-order valence-corrected chi connectivity index (χ2v) is 8.24. The fourth-order valence-corrected chi connectivity index (χ4v) is 4.65. The third-order valence-corrected chi connectivity index (χ3v) is 6.37. The first-order valence-electron chi connectivity index (χ1n) is 9.77. The number of likely N-dealkylation sites (tertiary alicyclic amines) is 2. The molecule has 4 rings (SSSR count). The first-order valence-corrected chi connectivity index (χ1v) is 9.77. The molecule has 2 aliphatic heterocycles. The van der Waals surface area contributed by atoms with Gasteiger partial charge in [-0.2, -0.15) is 0 Å². The summed E-state index contributed by atoms with van der Waals surface area (Å²) < 4.78 is 2.17. The van der Waals surface area contributed by atoms with Crippen molar-refractivity contribution in [1.29, 1.82) is 0 Å². The van der Waals surface area contributed by atoms with E-state index >= 15 is 0 Å². The summed E-state index contributed by atoms with van der Waals surface area (Å²) in [5.41, 5.74) is 2.83. The van der Waals surface area contributed by atoms with Crippen LogP contribution < -0.4 is 0 Å². The van der Waals surface area contributed by atoms with Crippen LogP contribution in [0, 0.1) is 5.41 Å². The smallest absolute Gasteiger partial charge is 0.0500 e. The van der Waals surface area contributed by atoms with Crippen LogP contribution in [0.3, 0.4) is 0 Å². The van der Waals surface area contributed by atoms with E-state index in [-0.39, 0.29) is 5.41 Å². The van der Waals surface area contributed by atoms with Crippen molar-refractivity contribution in [2.24, 2.45) is 12.5 Å². The molecule has 0 spiro atoms. The third kappa shape index (κ3) is 3.62. The highest BCUT2D eigenvalue weighted by Gasteiger charge is 2.36. The van der Waals surface area contributed by atoms with Gasteiger partial charge in [0.2, 0.25) is 0 Å². The molecular formula is C21H31N3O. The Labute approximate surface area is 151 Å². The largest absolute Gasteiger partial charge is 0.396 e. The maximum Gasteiger partial charge on any atom is 0.0500 e. The third-order valence-electron chi connectivity index (χ3n) is 6.37. The van der Waals surface area contributed by atoms with E-state index in [9.17, 15) is 5.11 Å². The summed E-state index contributed by atoms with van der Waals surface area (Å²) in [7, 11) is 2.10. The number of rotatable bonds is 5. The Bertz CT molecular complexity index is 709. The van der Waals surface area contributed by atoms with Gasteiger partial charge in [0.15, 0.2) is 0 Å². The molecule has 0 amide bonds. The molecule has 3 heterocycles. The highest BCUT2D eigenvalue weighted by Crippen LogP contribution is 2.33. The summed E-state index contributed by atoms with van der Waals surface area (Å²) in [6.07, 6.45) is 7.02. The van der Waals surface area contributed by atoms with E-state index in [1.54, 1.807) is 0 Å². The van der Waals surface area contributed by atoms with Crippen molar-refractivity contribution in [3.05, 3.63) is 36.0 Å². The van der Waals surface area contributed by atoms with E-state index in [1.807, 2.05) is 0 Å². The van der Waals surface area contributed by atoms with Gasteiger partial charge in [-0.25, -0.2) is 0 Å². The van der Waals surface area contributed by atoms with Gasteiger partial charge in [-0.15, -0.1) is 0 Å². The molecule has 2 aliphatic rings. The van der Waals surface area contributed by atoms with Gasteiger partial charge in [0.05, 0.1) is 6.61 Å². The van der Waals surface area contributed by atoms with Crippen molar-refractivity contribution in [2.75, 3.05) is 39.3 Å². The average molecular weight is 341 g/mol. The molecule has 1 aromatic heterocycles. The van der Waals surface area contributed by atoms with E-state index in [0.717, 1.165) is 39.0 Å². The Kier molecular flexibility index (Phi) is 4.85. The summed E-state index contributed by atoms with van der Waals surface area (Å²) in [5, 5.41) is 11.4. The molecular weight excluding hydrogens is 310 g/mol. The Balaban J connectivity index is 1.37. The summed E-state index contributed by atoms with van der Waals surface area (Å²) in [6, 6.07) is 9.02. The number of aliphatic hydroxyl groups excluding tert-OH is 1. The van der Waals surface area contributed by atoms with Crippen LogP contribution in [-0.2, 0) is 13.6 Å². The van der Waals surface area contributed by atoms with Crippen molar-refractivity contribution in [3.8, 4) is 0 Å². The molecule has 4 heteroatoms. The van der Waals surface area contributed by atoms with E-state index in [2.05, 4.69) is 51.9 Å². The van der Waals surface area contributed by atoms with Crippen molar-refractivity contribution in [1.82, 2.24) is 14.4 Å². The normalized spacial score (nSPS) is 22.0. The van der Waals surface area contributed by atoms with Crippen LogP contribution in [0.25, 0.3) is 10.9 Å². The van der Waals surface area contributed by atoms with E-state index in [0.29, 0.717) is 6.61 Å². The second kappa shape index (κ2) is 7.10. The molecule has 1 N–H and O–H groups in total. The number of fused-ring (bicyclic) bond motifs is 1. The standard InChI is InChI=1S/C21H31N3O/c1-22-11-6-19-14-18(4-5-20(19)22)15-23-12-7-21(17-25,8-13-23)16-24-9-2-3-10-24/h4-6,11,14,25H,2-3,7-10,12-13,15-17H2,1H3. The first kappa shape index (κ1) is 17.1. The van der Waals surface area contributed by atoms with Gasteiger partial charge in [-0.1, -0.05) is 6.07 Å². The lowest BCUT2D eigenvalue weighted by Crippen LogP contribution is -2.47. The van der Waals surface area contributed by atoms with Crippen molar-refractivity contribution in [2.45, 2.75) is 32.2 Å². The average Bonchev–Trinajstić information content (AvgIpc) is 3.27. The lowest BCUT2D eigenvalue weighted by atomic mass is 9.78. The van der Waals surface area contributed by atoms with Crippen molar-refractivity contribution >= 4 is 10.9 Å². The Morgan fingerprint density at radius 1 is 1.00 bits per heavy atom. The number of aromatic nitrogens is 1. The van der Waals surface area contributed by atoms with Gasteiger partial charge in [0.25, 0.3) is 0 Å². The molecule has 2 aromatic rings. The molecule has 0 bridgehead atoms. The van der Waals surface area contributed by atoms with E-state index in [1.165, 1.54) is 42.4 Å². The molecule has 1 aromatic carbocycles. The summed E-state index contributed by atoms with van der Waals surface area (Å²) in [5.74, 6) is 0. The highest BCUT2D eigenvalue weighted by atomic mass is 16.3. The minimum Gasteiger partial charge on any atom is -0.396 e. The molecule has 0 aliphatic carbocycles. The van der Waals surface area contributed by atoms with Crippen molar-refractivity contribution < 1.29 is 5.11 Å². The number of benzene rings is 1. The molecule has 0 saturated carbocycles. The maximum atomic E-state index is 10.1. The predicted octanol–water partition coefficient (Wildman–Crippen LogP) is 2.85. The Morgan fingerprint density at radius 2 is 1.76 bits per heavy atom. The van der Waals surface area contributed by atoms with Crippen LogP contribution in [0.15, 0.2) is 30.5 Å². The van der Waals surface area contributed by atoms with Gasteiger partial charge >= 0.3 is 0 Å². The molecule has 0 radical (unpaired) electrons. The zero-order valence-corrected chi connectivity index (χ0v) is 15.5. The Morgan fingerprint density at radius 3 is 2.48 bits per heavy atom. The van der Waals surface area contributed by atoms with Crippen LogP contribution >= 0.6 is 0 Å². The SMILES string of the molecule is Cn1ccc2cc(CN3CCC(CO)(CN4CCCC4)CC3)ccc21. The minimum atomic E-state index is 0.129. The topological polar surface area (TPSA) is 31.6 Å². The fraction of sp³-hybridized carbons (Fsp3) is 0.619. The van der Waals surface area contributed by atoms with E-state index in [4.69, 9.17) is 0 Å². The lowest BCUT2D eigenvalue weighted by Gasteiger charge is -2.42. The predicted molar refractivity (Wildman–Crippen MR) is 103 cm³/mol. The zero-order valence-electron chi connectivity index (χ0n) is 15.5. The van der Waals surface area contributed by atoms with Crippen LogP contribution in [0.1, 0.15) is 31.2 Å². The highest BCUT2D eigenvalue weighted by molar-refractivity contribution is 5.80. The summed E-state index contributed by atoms with van der Waals surface area (Å²) in [4.78, 5) is 5.12. The van der Waals surface area contributed by atoms with Crippen molar-refractivity contribution in [3.63, 3.8) is 0 Å². The molecule has 0 atom stereocenters.